The Labute approximate surface area is 126 Å². The molecule has 1 unspecified atom stereocenters. The Hall–Kier alpha value is -0.650. The maximum atomic E-state index is 5.55. The molecule has 0 radical (unpaired) electrons. The van der Waals surface area contributed by atoms with E-state index < -0.39 is 0 Å². The average Bonchev–Trinajstić information content (AvgIpc) is 2.75. The molecule has 1 saturated heterocycles. The fraction of sp³-hybridized carbons (Fsp3) is 0.857. The van der Waals surface area contributed by atoms with Crippen molar-refractivity contribution in [2.75, 3.05) is 26.7 Å². The van der Waals surface area contributed by atoms with Crippen LogP contribution in [0, 0.1) is 0 Å². The molecule has 3 rings (SSSR count). The van der Waals surface area contributed by atoms with Crippen LogP contribution >= 0.6 is 12.4 Å². The van der Waals surface area contributed by atoms with E-state index in [0.717, 1.165) is 31.3 Å². The summed E-state index contributed by atoms with van der Waals surface area (Å²) < 4.78 is 5.55. The van der Waals surface area contributed by atoms with Gasteiger partial charge in [0.15, 0.2) is 5.82 Å². The number of nitrogens with zero attached hydrogens (tertiary/aromatic N) is 3. The predicted octanol–water partition coefficient (Wildman–Crippen LogP) is 2.51. The van der Waals surface area contributed by atoms with Gasteiger partial charge in [0, 0.05) is 25.6 Å². The Morgan fingerprint density at radius 2 is 1.95 bits per heavy atom. The van der Waals surface area contributed by atoms with Crippen LogP contribution in [0.4, 0.5) is 0 Å². The standard InChI is InChI=1S/C14H24N4O.ClH/c1-18-9-8-15-10-12(18)13-16-14(19-17-13)11-6-4-2-3-5-7-11;/h11-12,15H,2-10H2,1H3;1H. The van der Waals surface area contributed by atoms with E-state index in [4.69, 9.17) is 9.51 Å². The molecule has 0 aromatic carbocycles. The van der Waals surface area contributed by atoms with Crippen LogP contribution in [-0.4, -0.2) is 41.7 Å². The van der Waals surface area contributed by atoms with Gasteiger partial charge in [0.05, 0.1) is 6.04 Å². The Bertz CT molecular complexity index is 404. The summed E-state index contributed by atoms with van der Waals surface area (Å²) in [4.78, 5) is 6.99. The Morgan fingerprint density at radius 3 is 2.65 bits per heavy atom. The highest BCUT2D eigenvalue weighted by molar-refractivity contribution is 5.85. The van der Waals surface area contributed by atoms with Gasteiger partial charge in [-0.1, -0.05) is 30.8 Å². The zero-order valence-electron chi connectivity index (χ0n) is 12.2. The van der Waals surface area contributed by atoms with Crippen LogP contribution in [-0.2, 0) is 0 Å². The SMILES string of the molecule is CN1CCNCC1c1noc(C2CCCCCC2)n1.Cl. The molecule has 1 aromatic heterocycles. The Morgan fingerprint density at radius 1 is 1.20 bits per heavy atom. The van der Waals surface area contributed by atoms with Gasteiger partial charge in [-0.05, 0) is 19.9 Å². The fourth-order valence-electron chi connectivity index (χ4n) is 3.17. The minimum Gasteiger partial charge on any atom is -0.339 e. The number of piperazine rings is 1. The third-order valence-electron chi connectivity index (χ3n) is 4.47. The van der Waals surface area contributed by atoms with Crippen LogP contribution in [0.5, 0.6) is 0 Å². The van der Waals surface area contributed by atoms with Crippen molar-refractivity contribution >= 4 is 12.4 Å². The first kappa shape index (κ1) is 15.7. The molecule has 2 heterocycles. The molecule has 2 fully saturated rings. The van der Waals surface area contributed by atoms with E-state index in [1.165, 1.54) is 38.5 Å². The summed E-state index contributed by atoms with van der Waals surface area (Å²) in [5.74, 6) is 2.22. The minimum absolute atomic E-state index is 0. The predicted molar refractivity (Wildman–Crippen MR) is 80.2 cm³/mol. The third kappa shape index (κ3) is 3.51. The molecule has 1 aromatic rings. The number of hydrogen-bond acceptors (Lipinski definition) is 5. The summed E-state index contributed by atoms with van der Waals surface area (Å²) in [5.41, 5.74) is 0. The first-order valence-corrected chi connectivity index (χ1v) is 7.59. The van der Waals surface area contributed by atoms with Gasteiger partial charge in [-0.3, -0.25) is 4.90 Å². The van der Waals surface area contributed by atoms with E-state index in [-0.39, 0.29) is 18.4 Å². The number of likely N-dealkylation sites (N-methyl/N-ethyl adjacent to an activating group) is 1. The maximum Gasteiger partial charge on any atom is 0.229 e. The van der Waals surface area contributed by atoms with Crippen molar-refractivity contribution in [1.29, 1.82) is 0 Å². The zero-order chi connectivity index (χ0) is 13.1. The van der Waals surface area contributed by atoms with Crippen molar-refractivity contribution in [2.45, 2.75) is 50.5 Å². The van der Waals surface area contributed by atoms with E-state index in [1.54, 1.807) is 0 Å². The molecule has 1 atom stereocenters. The van der Waals surface area contributed by atoms with Gasteiger partial charge in [0.1, 0.15) is 0 Å². The lowest BCUT2D eigenvalue weighted by Crippen LogP contribution is -2.44. The highest BCUT2D eigenvalue weighted by atomic mass is 35.5. The molecule has 20 heavy (non-hydrogen) atoms. The van der Waals surface area contributed by atoms with Crippen LogP contribution < -0.4 is 5.32 Å². The molecule has 0 bridgehead atoms. The van der Waals surface area contributed by atoms with Crippen LogP contribution in [0.2, 0.25) is 0 Å². The van der Waals surface area contributed by atoms with Crippen molar-refractivity contribution in [2.24, 2.45) is 0 Å². The molecule has 114 valence electrons. The number of halogens is 1. The van der Waals surface area contributed by atoms with E-state index in [9.17, 15) is 0 Å². The lowest BCUT2D eigenvalue weighted by molar-refractivity contribution is 0.190. The topological polar surface area (TPSA) is 54.2 Å². The normalized spacial score (nSPS) is 25.9. The first-order valence-electron chi connectivity index (χ1n) is 7.59. The molecular weight excluding hydrogens is 276 g/mol. The molecule has 2 aliphatic rings. The van der Waals surface area contributed by atoms with Gasteiger partial charge in [0.2, 0.25) is 5.89 Å². The van der Waals surface area contributed by atoms with E-state index in [0.29, 0.717) is 5.92 Å². The Balaban J connectivity index is 0.00000147. The smallest absolute Gasteiger partial charge is 0.229 e. The second kappa shape index (κ2) is 7.38. The lowest BCUT2D eigenvalue weighted by atomic mass is 10.0. The number of hydrogen-bond donors (Lipinski definition) is 1. The number of aromatic nitrogens is 2. The maximum absolute atomic E-state index is 5.55. The van der Waals surface area contributed by atoms with Crippen LogP contribution in [0.3, 0.4) is 0 Å². The van der Waals surface area contributed by atoms with Gasteiger partial charge in [-0.2, -0.15) is 4.98 Å². The highest BCUT2D eigenvalue weighted by Crippen LogP contribution is 2.31. The van der Waals surface area contributed by atoms with Gasteiger partial charge >= 0.3 is 0 Å². The summed E-state index contributed by atoms with van der Waals surface area (Å²) in [5, 5.41) is 7.63. The van der Waals surface area contributed by atoms with E-state index >= 15 is 0 Å². The van der Waals surface area contributed by atoms with E-state index in [2.05, 4.69) is 22.4 Å². The van der Waals surface area contributed by atoms with Crippen LogP contribution in [0.25, 0.3) is 0 Å². The quantitative estimate of drug-likeness (QED) is 0.851. The monoisotopic (exact) mass is 300 g/mol. The van der Waals surface area contributed by atoms with Crippen LogP contribution in [0.1, 0.15) is 62.2 Å². The largest absolute Gasteiger partial charge is 0.339 e. The van der Waals surface area contributed by atoms with Crippen molar-refractivity contribution < 1.29 is 4.52 Å². The van der Waals surface area contributed by atoms with Crippen molar-refractivity contribution in [1.82, 2.24) is 20.4 Å². The third-order valence-corrected chi connectivity index (χ3v) is 4.47. The molecule has 6 heteroatoms. The first-order chi connectivity index (χ1) is 9.34. The van der Waals surface area contributed by atoms with Gasteiger partial charge in [0.25, 0.3) is 0 Å². The molecule has 0 spiro atoms. The summed E-state index contributed by atoms with van der Waals surface area (Å²) in [6.45, 7) is 3.00. The Kier molecular flexibility index (Phi) is 5.81. The second-order valence-corrected chi connectivity index (χ2v) is 5.88. The zero-order valence-corrected chi connectivity index (χ0v) is 13.0. The van der Waals surface area contributed by atoms with Gasteiger partial charge in [-0.25, -0.2) is 0 Å². The second-order valence-electron chi connectivity index (χ2n) is 5.88. The fourth-order valence-corrected chi connectivity index (χ4v) is 3.17. The van der Waals surface area contributed by atoms with Gasteiger partial charge < -0.3 is 9.84 Å². The molecule has 5 nitrogen and oxygen atoms in total. The average molecular weight is 301 g/mol. The summed E-state index contributed by atoms with van der Waals surface area (Å²) in [7, 11) is 2.13. The molecular formula is C14H25ClN4O. The van der Waals surface area contributed by atoms with Gasteiger partial charge in [-0.15, -0.1) is 12.4 Å². The molecule has 1 saturated carbocycles. The summed E-state index contributed by atoms with van der Waals surface area (Å²) in [6.07, 6.45) is 7.72. The lowest BCUT2D eigenvalue weighted by Gasteiger charge is -2.30. The molecule has 0 amide bonds. The van der Waals surface area contributed by atoms with Crippen molar-refractivity contribution in [3.63, 3.8) is 0 Å². The molecule has 1 aliphatic carbocycles. The molecule has 1 aliphatic heterocycles. The summed E-state index contributed by atoms with van der Waals surface area (Å²) in [6, 6.07) is 0.261. The van der Waals surface area contributed by atoms with Crippen molar-refractivity contribution in [3.8, 4) is 0 Å². The minimum atomic E-state index is 0. The summed E-state index contributed by atoms with van der Waals surface area (Å²) >= 11 is 0. The highest BCUT2D eigenvalue weighted by Gasteiger charge is 2.27. The van der Waals surface area contributed by atoms with Crippen molar-refractivity contribution in [3.05, 3.63) is 11.7 Å². The van der Waals surface area contributed by atoms with Crippen LogP contribution in [0.15, 0.2) is 4.52 Å². The number of nitrogens with one attached hydrogen (secondary N) is 1. The number of rotatable bonds is 2. The molecule has 1 N–H and O–H groups in total. The van der Waals surface area contributed by atoms with E-state index in [1.807, 2.05) is 0 Å².